The van der Waals surface area contributed by atoms with Gasteiger partial charge >= 0.3 is 6.09 Å². The molecule has 0 aromatic heterocycles. The van der Waals surface area contributed by atoms with Crippen molar-refractivity contribution in [1.82, 2.24) is 10.2 Å². The summed E-state index contributed by atoms with van der Waals surface area (Å²) in [5, 5.41) is 3.56. The van der Waals surface area contributed by atoms with Gasteiger partial charge in [-0.25, -0.2) is 4.79 Å². The van der Waals surface area contributed by atoms with E-state index in [9.17, 15) is 4.79 Å². The van der Waals surface area contributed by atoms with E-state index in [2.05, 4.69) is 5.32 Å². The highest BCUT2D eigenvalue weighted by Gasteiger charge is 2.37. The summed E-state index contributed by atoms with van der Waals surface area (Å²) in [4.78, 5) is 14.3. The van der Waals surface area contributed by atoms with Gasteiger partial charge in [-0.2, -0.15) is 0 Å². The summed E-state index contributed by atoms with van der Waals surface area (Å²) in [5.74, 6) is 0. The lowest BCUT2D eigenvalue weighted by Gasteiger charge is -2.36. The largest absolute Gasteiger partial charge is 0.444 e. The molecule has 0 aromatic rings. The summed E-state index contributed by atoms with van der Waals surface area (Å²) < 4.78 is 5.56. The highest BCUT2D eigenvalue weighted by Crippen LogP contribution is 2.35. The van der Waals surface area contributed by atoms with Crippen LogP contribution in [-0.4, -0.2) is 42.8 Å². The van der Waals surface area contributed by atoms with Crippen LogP contribution in [0.2, 0.25) is 0 Å². The summed E-state index contributed by atoms with van der Waals surface area (Å²) in [6, 6.07) is 0. The average molecular weight is 282 g/mol. The molecule has 2 rings (SSSR count). The number of nitrogens with zero attached hydrogens (tertiary/aromatic N) is 1. The number of hydrogen-bond acceptors (Lipinski definition) is 3. The molecule has 0 saturated carbocycles. The van der Waals surface area contributed by atoms with Crippen LogP contribution in [0, 0.1) is 5.41 Å². The lowest BCUT2D eigenvalue weighted by Crippen LogP contribution is -2.45. The fourth-order valence-electron chi connectivity index (χ4n) is 3.39. The molecular formula is C16H30N2O2. The molecule has 2 aliphatic rings. The minimum absolute atomic E-state index is 0.136. The number of carbonyl (C=O) groups excluding carboxylic acids is 1. The molecule has 0 bridgehead atoms. The molecule has 0 radical (unpaired) electrons. The van der Waals surface area contributed by atoms with Gasteiger partial charge in [-0.05, 0) is 53.0 Å². The summed E-state index contributed by atoms with van der Waals surface area (Å²) in [6.45, 7) is 9.68. The van der Waals surface area contributed by atoms with Crippen LogP contribution in [0.1, 0.15) is 59.3 Å². The molecule has 0 aliphatic carbocycles. The highest BCUT2D eigenvalue weighted by atomic mass is 16.6. The number of carbonyl (C=O) groups is 1. The van der Waals surface area contributed by atoms with Gasteiger partial charge in [-0.3, -0.25) is 0 Å². The average Bonchev–Trinajstić information content (AvgIpc) is 2.68. The lowest BCUT2D eigenvalue weighted by molar-refractivity contribution is 0.0174. The van der Waals surface area contributed by atoms with Gasteiger partial charge in [0.15, 0.2) is 0 Å². The first-order chi connectivity index (χ1) is 9.40. The maximum absolute atomic E-state index is 12.4. The topological polar surface area (TPSA) is 41.6 Å². The van der Waals surface area contributed by atoms with Crippen molar-refractivity contribution in [2.45, 2.75) is 64.9 Å². The predicted molar refractivity (Wildman–Crippen MR) is 80.8 cm³/mol. The van der Waals surface area contributed by atoms with Crippen molar-refractivity contribution in [1.29, 1.82) is 0 Å². The minimum Gasteiger partial charge on any atom is -0.444 e. The van der Waals surface area contributed by atoms with Crippen LogP contribution >= 0.6 is 0 Å². The second-order valence-electron chi connectivity index (χ2n) is 7.49. The molecule has 0 aromatic carbocycles. The molecule has 1 atom stereocenters. The Labute approximate surface area is 123 Å². The number of hydrogen-bond donors (Lipinski definition) is 1. The maximum atomic E-state index is 12.4. The molecule has 4 nitrogen and oxygen atoms in total. The molecule has 1 N–H and O–H groups in total. The second kappa shape index (κ2) is 6.33. The zero-order valence-electron chi connectivity index (χ0n) is 13.3. The first-order valence-electron chi connectivity index (χ1n) is 8.09. The van der Waals surface area contributed by atoms with E-state index in [1.807, 2.05) is 25.7 Å². The van der Waals surface area contributed by atoms with Crippen molar-refractivity contribution in [3.8, 4) is 0 Å². The Morgan fingerprint density at radius 1 is 1.15 bits per heavy atom. The molecule has 2 heterocycles. The van der Waals surface area contributed by atoms with Gasteiger partial charge in [0.25, 0.3) is 0 Å². The lowest BCUT2D eigenvalue weighted by atomic mass is 9.79. The molecule has 20 heavy (non-hydrogen) atoms. The van der Waals surface area contributed by atoms with Gasteiger partial charge in [0, 0.05) is 25.0 Å². The first-order valence-corrected chi connectivity index (χ1v) is 8.09. The van der Waals surface area contributed by atoms with Crippen LogP contribution in [0.4, 0.5) is 4.79 Å². The van der Waals surface area contributed by atoms with Crippen LogP contribution in [0.25, 0.3) is 0 Å². The van der Waals surface area contributed by atoms with E-state index in [0.717, 1.165) is 32.6 Å². The van der Waals surface area contributed by atoms with Crippen molar-refractivity contribution < 1.29 is 9.53 Å². The molecular weight excluding hydrogens is 252 g/mol. The van der Waals surface area contributed by atoms with Gasteiger partial charge in [0.05, 0.1) is 0 Å². The predicted octanol–water partition coefficient (Wildman–Crippen LogP) is 3.17. The Morgan fingerprint density at radius 2 is 1.85 bits per heavy atom. The molecule has 1 spiro atoms. The number of rotatable bonds is 0. The molecule has 4 heteroatoms. The summed E-state index contributed by atoms with van der Waals surface area (Å²) in [6.07, 6.45) is 7.19. The summed E-state index contributed by atoms with van der Waals surface area (Å²) >= 11 is 0. The van der Waals surface area contributed by atoms with Gasteiger partial charge < -0.3 is 15.0 Å². The van der Waals surface area contributed by atoms with Crippen molar-refractivity contribution >= 4 is 6.09 Å². The zero-order valence-corrected chi connectivity index (χ0v) is 13.3. The number of ether oxygens (including phenoxy) is 1. The Hall–Kier alpha value is -0.770. The maximum Gasteiger partial charge on any atom is 0.410 e. The fraction of sp³-hybridized carbons (Fsp3) is 0.938. The summed E-state index contributed by atoms with van der Waals surface area (Å²) in [5.41, 5.74) is -0.137. The van der Waals surface area contributed by atoms with Crippen LogP contribution in [0.3, 0.4) is 0 Å². The SMILES string of the molecule is CC(C)(C)OC(=O)N1CCCC[C@]2(CCCCNC2)C1. The normalized spacial score (nSPS) is 28.9. The Bertz CT molecular complexity index is 322. The molecule has 2 aliphatic heterocycles. The Morgan fingerprint density at radius 3 is 2.55 bits per heavy atom. The van der Waals surface area contributed by atoms with E-state index in [1.54, 1.807) is 0 Å². The van der Waals surface area contributed by atoms with Gasteiger partial charge in [-0.1, -0.05) is 12.8 Å². The molecule has 116 valence electrons. The molecule has 2 saturated heterocycles. The number of amides is 1. The van der Waals surface area contributed by atoms with Crippen LogP contribution in [0.5, 0.6) is 0 Å². The van der Waals surface area contributed by atoms with E-state index in [4.69, 9.17) is 4.74 Å². The van der Waals surface area contributed by atoms with Crippen molar-refractivity contribution in [3.63, 3.8) is 0 Å². The third-order valence-electron chi connectivity index (χ3n) is 4.37. The van der Waals surface area contributed by atoms with Gasteiger partial charge in [0.2, 0.25) is 0 Å². The van der Waals surface area contributed by atoms with E-state index >= 15 is 0 Å². The van der Waals surface area contributed by atoms with Crippen molar-refractivity contribution in [2.24, 2.45) is 5.41 Å². The molecule has 1 amide bonds. The van der Waals surface area contributed by atoms with Gasteiger partial charge in [-0.15, -0.1) is 0 Å². The van der Waals surface area contributed by atoms with Crippen molar-refractivity contribution in [2.75, 3.05) is 26.2 Å². The third kappa shape index (κ3) is 4.37. The van der Waals surface area contributed by atoms with E-state index in [0.29, 0.717) is 0 Å². The van der Waals surface area contributed by atoms with E-state index < -0.39 is 5.60 Å². The van der Waals surface area contributed by atoms with E-state index in [1.165, 1.54) is 32.1 Å². The number of nitrogens with one attached hydrogen (secondary N) is 1. The minimum atomic E-state index is -0.405. The number of likely N-dealkylation sites (tertiary alicyclic amines) is 1. The molecule has 0 unspecified atom stereocenters. The second-order valence-corrected chi connectivity index (χ2v) is 7.49. The first kappa shape index (κ1) is 15.6. The van der Waals surface area contributed by atoms with Crippen LogP contribution < -0.4 is 5.32 Å². The highest BCUT2D eigenvalue weighted by molar-refractivity contribution is 5.68. The van der Waals surface area contributed by atoms with Crippen LogP contribution in [0.15, 0.2) is 0 Å². The smallest absolute Gasteiger partial charge is 0.410 e. The zero-order chi connectivity index (χ0) is 14.6. The summed E-state index contributed by atoms with van der Waals surface area (Å²) in [7, 11) is 0. The Balaban J connectivity index is 2.04. The monoisotopic (exact) mass is 282 g/mol. The van der Waals surface area contributed by atoms with Crippen molar-refractivity contribution in [3.05, 3.63) is 0 Å². The van der Waals surface area contributed by atoms with Gasteiger partial charge in [0.1, 0.15) is 5.60 Å². The van der Waals surface area contributed by atoms with E-state index in [-0.39, 0.29) is 11.5 Å². The fourth-order valence-corrected chi connectivity index (χ4v) is 3.39. The Kier molecular flexibility index (Phi) is 4.95. The quantitative estimate of drug-likeness (QED) is 0.742. The standard InChI is InChI=1S/C16H30N2O2/c1-15(2,3)20-14(19)18-11-7-5-9-16(13-18)8-4-6-10-17-12-16/h17H,4-13H2,1-3H3/t16-/m0/s1. The molecule has 2 fully saturated rings. The van der Waals surface area contributed by atoms with Crippen LogP contribution in [-0.2, 0) is 4.74 Å². The third-order valence-corrected chi connectivity index (χ3v) is 4.37.